The molecule has 0 aliphatic heterocycles. The summed E-state index contributed by atoms with van der Waals surface area (Å²) in [5, 5.41) is 10.6. The minimum atomic E-state index is -4.61. The Bertz CT molecular complexity index is 1410. The minimum absolute atomic E-state index is 0.0144. The summed E-state index contributed by atoms with van der Waals surface area (Å²) in [6.07, 6.45) is -3.01. The molecule has 1 heterocycles. The summed E-state index contributed by atoms with van der Waals surface area (Å²) in [5.41, 5.74) is -0.276. The molecule has 1 aromatic heterocycles. The number of rotatable bonds is 5. The van der Waals surface area contributed by atoms with Crippen LogP contribution in [0.2, 0.25) is 5.15 Å². The van der Waals surface area contributed by atoms with Crippen molar-refractivity contribution in [3.63, 3.8) is 0 Å². The molecule has 1 atom stereocenters. The van der Waals surface area contributed by atoms with Crippen molar-refractivity contribution in [1.82, 2.24) is 9.55 Å². The van der Waals surface area contributed by atoms with Gasteiger partial charge in [0.25, 0.3) is 0 Å². The van der Waals surface area contributed by atoms with Crippen LogP contribution in [0.15, 0.2) is 77.7 Å². The summed E-state index contributed by atoms with van der Waals surface area (Å²) in [6.45, 7) is 2.94. The Kier molecular flexibility index (Phi) is 6.66. The monoisotopic (exact) mass is 518 g/mol. The third-order valence-corrected chi connectivity index (χ3v) is 6.76. The van der Waals surface area contributed by atoms with E-state index in [4.69, 9.17) is 11.6 Å². The number of imidazole rings is 1. The Morgan fingerprint density at radius 2 is 1.60 bits per heavy atom. The number of halogens is 4. The first kappa shape index (κ1) is 25.2. The molecule has 35 heavy (non-hydrogen) atoms. The molecular weight excluding hydrogens is 497 g/mol. The first-order chi connectivity index (χ1) is 16.4. The summed E-state index contributed by atoms with van der Waals surface area (Å²) in [4.78, 5) is 5.05. The molecule has 1 N–H and O–H groups in total. The van der Waals surface area contributed by atoms with Gasteiger partial charge in [-0.25, -0.2) is 4.98 Å². The quantitative estimate of drug-likeness (QED) is 0.314. The standard InChI is InChI=1S/C26H22ClF3N2O2S/c1-25(2,33)22-23(27)32(24(31-22)20-9-4-5-10-21(20)26(28,29)30)18-13-11-16(12-14-18)17-7-6-8-19(15-17)35(3)34/h4-15,33H,1-3H3. The Hall–Kier alpha value is -2.94. The van der Waals surface area contributed by atoms with Crippen LogP contribution >= 0.6 is 11.6 Å². The predicted octanol–water partition coefficient (Wildman–Crippen LogP) is 6.84. The molecule has 1 unspecified atom stereocenters. The molecule has 0 spiro atoms. The largest absolute Gasteiger partial charge is 0.417 e. The van der Waals surface area contributed by atoms with Gasteiger partial charge in [0.15, 0.2) is 0 Å². The van der Waals surface area contributed by atoms with Crippen LogP contribution in [0.5, 0.6) is 0 Å². The first-order valence-electron chi connectivity index (χ1n) is 10.6. The number of nitrogens with zero attached hydrogens (tertiary/aromatic N) is 2. The minimum Gasteiger partial charge on any atom is -0.384 e. The van der Waals surface area contributed by atoms with Gasteiger partial charge in [0, 0.05) is 33.2 Å². The van der Waals surface area contributed by atoms with Gasteiger partial charge in [-0.1, -0.05) is 54.1 Å². The van der Waals surface area contributed by atoms with E-state index in [1.54, 1.807) is 36.6 Å². The van der Waals surface area contributed by atoms with E-state index in [9.17, 15) is 22.5 Å². The molecule has 0 radical (unpaired) electrons. The zero-order valence-electron chi connectivity index (χ0n) is 19.1. The maximum Gasteiger partial charge on any atom is 0.417 e. The van der Waals surface area contributed by atoms with Crippen LogP contribution < -0.4 is 0 Å². The van der Waals surface area contributed by atoms with E-state index in [0.29, 0.717) is 10.6 Å². The first-order valence-corrected chi connectivity index (χ1v) is 12.5. The Morgan fingerprint density at radius 1 is 0.943 bits per heavy atom. The van der Waals surface area contributed by atoms with Crippen molar-refractivity contribution >= 4 is 22.4 Å². The molecule has 4 rings (SSSR count). The fourth-order valence-corrected chi connectivity index (χ4v) is 4.80. The summed E-state index contributed by atoms with van der Waals surface area (Å²) >= 11 is 6.60. The van der Waals surface area contributed by atoms with Gasteiger partial charge < -0.3 is 5.11 Å². The molecular formula is C26H22ClF3N2O2S. The van der Waals surface area contributed by atoms with Gasteiger partial charge in [0.2, 0.25) is 0 Å². The Labute approximate surface area is 208 Å². The molecule has 0 fully saturated rings. The van der Waals surface area contributed by atoms with Crippen LogP contribution in [0.25, 0.3) is 28.2 Å². The van der Waals surface area contributed by atoms with Crippen molar-refractivity contribution in [3.05, 3.63) is 89.2 Å². The Morgan fingerprint density at radius 3 is 2.20 bits per heavy atom. The second-order valence-corrected chi connectivity index (χ2v) is 10.3. The van der Waals surface area contributed by atoms with E-state index in [2.05, 4.69) is 4.98 Å². The number of aliphatic hydroxyl groups is 1. The lowest BCUT2D eigenvalue weighted by Crippen LogP contribution is -2.16. The lowest BCUT2D eigenvalue weighted by Gasteiger charge is -2.15. The van der Waals surface area contributed by atoms with Crippen molar-refractivity contribution in [2.45, 2.75) is 30.5 Å². The molecule has 0 aliphatic rings. The summed E-state index contributed by atoms with van der Waals surface area (Å²) < 4.78 is 54.6. The van der Waals surface area contributed by atoms with Gasteiger partial charge in [-0.3, -0.25) is 8.78 Å². The Balaban J connectivity index is 1.89. The zero-order valence-corrected chi connectivity index (χ0v) is 20.7. The van der Waals surface area contributed by atoms with Gasteiger partial charge in [0.05, 0.1) is 5.56 Å². The van der Waals surface area contributed by atoms with E-state index >= 15 is 0 Å². The van der Waals surface area contributed by atoms with Crippen molar-refractivity contribution in [2.75, 3.05) is 6.26 Å². The van der Waals surface area contributed by atoms with E-state index in [1.165, 1.54) is 36.6 Å². The summed E-state index contributed by atoms with van der Waals surface area (Å²) in [6, 6.07) is 19.4. The lowest BCUT2D eigenvalue weighted by atomic mass is 10.0. The maximum atomic E-state index is 13.8. The predicted molar refractivity (Wildman–Crippen MR) is 132 cm³/mol. The van der Waals surface area contributed by atoms with Crippen LogP contribution in [0.1, 0.15) is 25.1 Å². The molecule has 9 heteroatoms. The van der Waals surface area contributed by atoms with Gasteiger partial charge in [-0.15, -0.1) is 0 Å². The number of aromatic nitrogens is 2. The van der Waals surface area contributed by atoms with Crippen LogP contribution in [0.3, 0.4) is 0 Å². The van der Waals surface area contributed by atoms with Crippen molar-refractivity contribution in [1.29, 1.82) is 0 Å². The van der Waals surface area contributed by atoms with Crippen LogP contribution in [-0.2, 0) is 22.6 Å². The van der Waals surface area contributed by atoms with Gasteiger partial charge in [-0.05, 0) is 55.3 Å². The third-order valence-electron chi connectivity index (χ3n) is 5.50. The van der Waals surface area contributed by atoms with E-state index in [1.807, 2.05) is 18.2 Å². The zero-order chi connectivity index (χ0) is 25.5. The molecule has 0 saturated heterocycles. The molecule has 0 saturated carbocycles. The summed E-state index contributed by atoms with van der Waals surface area (Å²) in [5.74, 6) is -0.0313. The smallest absolute Gasteiger partial charge is 0.384 e. The summed E-state index contributed by atoms with van der Waals surface area (Å²) in [7, 11) is -1.14. The van der Waals surface area contributed by atoms with Gasteiger partial charge in [0.1, 0.15) is 22.3 Å². The molecule has 3 aromatic carbocycles. The highest BCUT2D eigenvalue weighted by Crippen LogP contribution is 2.41. The highest BCUT2D eigenvalue weighted by Gasteiger charge is 2.36. The highest BCUT2D eigenvalue weighted by molar-refractivity contribution is 7.84. The van der Waals surface area contributed by atoms with E-state index in [0.717, 1.165) is 17.2 Å². The second-order valence-electron chi connectivity index (χ2n) is 8.54. The lowest BCUT2D eigenvalue weighted by molar-refractivity contribution is -0.137. The molecule has 0 amide bonds. The normalized spacial score (nSPS) is 13.1. The van der Waals surface area contributed by atoms with Crippen molar-refractivity contribution < 1.29 is 22.5 Å². The molecule has 0 aliphatic carbocycles. The number of alkyl halides is 3. The SMILES string of the molecule is CS(=O)c1cccc(-c2ccc(-n3c(-c4ccccc4C(F)(F)F)nc(C(C)(C)O)c3Cl)cc2)c1. The highest BCUT2D eigenvalue weighted by atomic mass is 35.5. The van der Waals surface area contributed by atoms with E-state index < -0.39 is 28.1 Å². The molecule has 4 aromatic rings. The van der Waals surface area contributed by atoms with Gasteiger partial charge in [-0.2, -0.15) is 13.2 Å². The van der Waals surface area contributed by atoms with Crippen LogP contribution in [-0.4, -0.2) is 25.1 Å². The topological polar surface area (TPSA) is 55.1 Å². The average molecular weight is 519 g/mol. The molecule has 0 bridgehead atoms. The van der Waals surface area contributed by atoms with Crippen LogP contribution in [0.4, 0.5) is 13.2 Å². The average Bonchev–Trinajstić information content (AvgIpc) is 3.16. The van der Waals surface area contributed by atoms with E-state index in [-0.39, 0.29) is 22.2 Å². The fraction of sp³-hybridized carbons (Fsp3) is 0.192. The van der Waals surface area contributed by atoms with Gasteiger partial charge >= 0.3 is 6.18 Å². The maximum absolute atomic E-state index is 13.8. The van der Waals surface area contributed by atoms with Crippen molar-refractivity contribution in [2.24, 2.45) is 0 Å². The number of hydrogen-bond acceptors (Lipinski definition) is 3. The third kappa shape index (κ3) is 5.05. The molecule has 4 nitrogen and oxygen atoms in total. The second kappa shape index (κ2) is 9.26. The molecule has 182 valence electrons. The fourth-order valence-electron chi connectivity index (χ4n) is 3.79. The van der Waals surface area contributed by atoms with Crippen LogP contribution in [0, 0.1) is 0 Å². The number of hydrogen-bond donors (Lipinski definition) is 1. The van der Waals surface area contributed by atoms with Crippen molar-refractivity contribution in [3.8, 4) is 28.2 Å². The number of benzene rings is 3.